The molecule has 1 atom stereocenters. The number of nitrogens with zero attached hydrogens (tertiary/aromatic N) is 3. The number of aryl methyl sites for hydroxylation is 1. The van der Waals surface area contributed by atoms with Crippen LogP contribution < -0.4 is 10.6 Å². The Labute approximate surface area is 229 Å². The second-order valence-electron chi connectivity index (χ2n) is 9.86. The normalized spacial score (nSPS) is 16.0. The molecule has 1 aromatic heterocycles. The van der Waals surface area contributed by atoms with Crippen molar-refractivity contribution in [2.24, 2.45) is 0 Å². The molecule has 3 aromatic carbocycles. The summed E-state index contributed by atoms with van der Waals surface area (Å²) >= 11 is 0. The van der Waals surface area contributed by atoms with Crippen LogP contribution in [0.3, 0.4) is 0 Å². The van der Waals surface area contributed by atoms with Gasteiger partial charge in [0.2, 0.25) is 10.0 Å². The zero-order valence-electron chi connectivity index (χ0n) is 22.2. The van der Waals surface area contributed by atoms with Crippen LogP contribution in [0.4, 0.5) is 10.5 Å². The molecule has 2 amide bonds. The second-order valence-corrected chi connectivity index (χ2v) is 11.9. The third-order valence-electron chi connectivity index (χ3n) is 7.21. The number of carbonyl (C=O) groups is 1. The van der Waals surface area contributed by atoms with Gasteiger partial charge in [-0.2, -0.15) is 4.31 Å². The highest BCUT2D eigenvalue weighted by atomic mass is 32.2. The van der Waals surface area contributed by atoms with Gasteiger partial charge in [0.25, 0.3) is 0 Å². The summed E-state index contributed by atoms with van der Waals surface area (Å²) in [4.78, 5) is 19.5. The Morgan fingerprint density at radius 2 is 1.69 bits per heavy atom. The average Bonchev–Trinajstić information content (AvgIpc) is 3.42. The highest BCUT2D eigenvalue weighted by Gasteiger charge is 2.33. The summed E-state index contributed by atoms with van der Waals surface area (Å²) in [6, 6.07) is 26.1. The number of hydrogen-bond donors (Lipinski definition) is 2. The van der Waals surface area contributed by atoms with Crippen LogP contribution >= 0.6 is 0 Å². The number of likely N-dealkylation sites (tertiary alicyclic amines) is 1. The third kappa shape index (κ3) is 6.11. The number of urea groups is 1. The largest absolute Gasteiger partial charge is 0.337 e. The topological polar surface area (TPSA) is 94.6 Å². The summed E-state index contributed by atoms with van der Waals surface area (Å²) in [5.41, 5.74) is 4.42. The number of anilines is 1. The lowest BCUT2D eigenvalue weighted by Crippen LogP contribution is -2.40. The number of para-hydroxylation sites is 1. The monoisotopic (exact) mass is 543 g/mol. The first kappa shape index (κ1) is 26.8. The molecule has 0 spiro atoms. The number of benzene rings is 3. The van der Waals surface area contributed by atoms with Crippen molar-refractivity contribution in [3.8, 4) is 11.1 Å². The van der Waals surface area contributed by atoms with E-state index in [4.69, 9.17) is 0 Å². The molecule has 0 saturated carbocycles. The van der Waals surface area contributed by atoms with E-state index in [0.717, 1.165) is 46.4 Å². The summed E-state index contributed by atoms with van der Waals surface area (Å²) in [7, 11) is -1.96. The van der Waals surface area contributed by atoms with Crippen molar-refractivity contribution in [2.45, 2.75) is 24.3 Å². The van der Waals surface area contributed by atoms with Gasteiger partial charge in [-0.3, -0.25) is 9.88 Å². The van der Waals surface area contributed by atoms with Crippen molar-refractivity contribution < 1.29 is 13.2 Å². The molecular formula is C30H33N5O3S. The molecule has 4 aromatic rings. The fourth-order valence-electron chi connectivity index (χ4n) is 5.03. The van der Waals surface area contributed by atoms with E-state index in [-0.39, 0.29) is 12.1 Å². The lowest BCUT2D eigenvalue weighted by molar-refractivity contribution is 0.248. The van der Waals surface area contributed by atoms with Crippen molar-refractivity contribution >= 4 is 32.6 Å². The molecule has 39 heavy (non-hydrogen) atoms. The van der Waals surface area contributed by atoms with Crippen molar-refractivity contribution in [3.05, 3.63) is 90.6 Å². The molecule has 1 saturated heterocycles. The highest BCUT2D eigenvalue weighted by Crippen LogP contribution is 2.26. The molecule has 202 valence electrons. The van der Waals surface area contributed by atoms with E-state index in [1.54, 1.807) is 19.2 Å². The maximum absolute atomic E-state index is 13.3. The summed E-state index contributed by atoms with van der Waals surface area (Å²) in [5.74, 6) is 0. The van der Waals surface area contributed by atoms with Crippen molar-refractivity contribution in [1.82, 2.24) is 19.5 Å². The van der Waals surface area contributed by atoms with E-state index in [2.05, 4.69) is 20.5 Å². The van der Waals surface area contributed by atoms with Crippen molar-refractivity contribution in [2.75, 3.05) is 38.5 Å². The molecule has 1 unspecified atom stereocenters. The van der Waals surface area contributed by atoms with E-state index in [1.165, 1.54) is 4.31 Å². The molecule has 8 nitrogen and oxygen atoms in total. The Hall–Kier alpha value is -3.79. The Morgan fingerprint density at radius 1 is 1.00 bits per heavy atom. The first-order valence-corrected chi connectivity index (χ1v) is 14.5. The molecular weight excluding hydrogens is 510 g/mol. The van der Waals surface area contributed by atoms with Crippen LogP contribution in [-0.4, -0.2) is 67.9 Å². The smallest absolute Gasteiger partial charge is 0.319 e. The molecule has 5 rings (SSSR count). The van der Waals surface area contributed by atoms with Gasteiger partial charge >= 0.3 is 6.03 Å². The number of likely N-dealkylation sites (N-methyl/N-ethyl adjacent to an activating group) is 1. The van der Waals surface area contributed by atoms with E-state index >= 15 is 0 Å². The maximum Gasteiger partial charge on any atom is 0.319 e. The SMILES string of the molecule is Cc1cc(NC(=O)NCCN2CCC(N(C)S(=O)(=O)c3ccc(-c4ccccc4)cc3)C2)c2ccccc2n1. The zero-order valence-corrected chi connectivity index (χ0v) is 23.0. The van der Waals surface area contributed by atoms with Gasteiger partial charge < -0.3 is 10.6 Å². The third-order valence-corrected chi connectivity index (χ3v) is 9.13. The molecule has 1 fully saturated rings. The van der Waals surface area contributed by atoms with Crippen LogP contribution in [0.15, 0.2) is 89.8 Å². The van der Waals surface area contributed by atoms with Crippen LogP contribution in [0.1, 0.15) is 12.1 Å². The Morgan fingerprint density at radius 3 is 2.46 bits per heavy atom. The maximum atomic E-state index is 13.3. The van der Waals surface area contributed by atoms with E-state index in [1.807, 2.05) is 79.7 Å². The lowest BCUT2D eigenvalue weighted by atomic mass is 10.1. The van der Waals surface area contributed by atoms with Crippen LogP contribution in [0, 0.1) is 6.92 Å². The van der Waals surface area contributed by atoms with Crippen LogP contribution in [0.2, 0.25) is 0 Å². The first-order valence-electron chi connectivity index (χ1n) is 13.1. The van der Waals surface area contributed by atoms with Gasteiger partial charge in [0.1, 0.15) is 0 Å². The van der Waals surface area contributed by atoms with Gasteiger partial charge in [0.15, 0.2) is 0 Å². The summed E-state index contributed by atoms with van der Waals surface area (Å²) in [5, 5.41) is 6.74. The molecule has 0 aliphatic carbocycles. The molecule has 2 heterocycles. The standard InChI is InChI=1S/C30H33N5O3S/c1-22-20-29(27-10-6-7-11-28(27)32-22)33-30(36)31-17-19-35-18-16-25(21-35)34(2)39(37,38)26-14-12-24(13-15-26)23-8-4-3-5-9-23/h3-15,20,25H,16-19,21H2,1-2H3,(H2,31,32,33,36). The highest BCUT2D eigenvalue weighted by molar-refractivity contribution is 7.89. The molecule has 2 N–H and O–H groups in total. The average molecular weight is 544 g/mol. The predicted molar refractivity (Wildman–Crippen MR) is 155 cm³/mol. The number of amides is 2. The number of aromatic nitrogens is 1. The van der Waals surface area contributed by atoms with Crippen LogP contribution in [0.5, 0.6) is 0 Å². The van der Waals surface area contributed by atoms with Gasteiger partial charge in [-0.15, -0.1) is 0 Å². The molecule has 1 aliphatic heterocycles. The van der Waals surface area contributed by atoms with Crippen molar-refractivity contribution in [1.29, 1.82) is 0 Å². The lowest BCUT2D eigenvalue weighted by Gasteiger charge is -2.24. The molecule has 1 aliphatic rings. The van der Waals surface area contributed by atoms with Crippen LogP contribution in [-0.2, 0) is 10.0 Å². The van der Waals surface area contributed by atoms with Gasteiger partial charge in [-0.25, -0.2) is 13.2 Å². The number of sulfonamides is 1. The Kier molecular flexibility index (Phi) is 7.92. The summed E-state index contributed by atoms with van der Waals surface area (Å²) in [6.07, 6.45) is 0.742. The number of fused-ring (bicyclic) bond motifs is 1. The summed E-state index contributed by atoms with van der Waals surface area (Å²) in [6.45, 7) is 4.39. The number of pyridine rings is 1. The minimum Gasteiger partial charge on any atom is -0.337 e. The minimum atomic E-state index is -3.61. The zero-order chi connectivity index (χ0) is 27.4. The quantitative estimate of drug-likeness (QED) is 0.335. The van der Waals surface area contributed by atoms with Gasteiger partial charge in [-0.1, -0.05) is 60.7 Å². The van der Waals surface area contributed by atoms with Crippen LogP contribution in [0.25, 0.3) is 22.0 Å². The number of nitrogens with one attached hydrogen (secondary N) is 2. The fraction of sp³-hybridized carbons (Fsp3) is 0.267. The van der Waals surface area contributed by atoms with Gasteiger partial charge in [0.05, 0.1) is 16.1 Å². The number of rotatable bonds is 8. The van der Waals surface area contributed by atoms with Gasteiger partial charge in [0, 0.05) is 43.8 Å². The van der Waals surface area contributed by atoms with Gasteiger partial charge in [-0.05, 0) is 55.3 Å². The van der Waals surface area contributed by atoms with Crippen molar-refractivity contribution in [3.63, 3.8) is 0 Å². The fourth-order valence-corrected chi connectivity index (χ4v) is 6.41. The Bertz CT molecular complexity index is 1560. The number of carbonyl (C=O) groups excluding carboxylic acids is 1. The molecule has 9 heteroatoms. The summed E-state index contributed by atoms with van der Waals surface area (Å²) < 4.78 is 28.1. The Balaban J connectivity index is 1.13. The minimum absolute atomic E-state index is 0.121. The second kappa shape index (κ2) is 11.5. The predicted octanol–water partition coefficient (Wildman–Crippen LogP) is 4.73. The number of hydrogen-bond acceptors (Lipinski definition) is 5. The van der Waals surface area contributed by atoms with E-state index < -0.39 is 10.0 Å². The molecule has 0 radical (unpaired) electrons. The first-order chi connectivity index (χ1) is 18.8. The van der Waals surface area contributed by atoms with E-state index in [0.29, 0.717) is 24.5 Å². The molecule has 0 bridgehead atoms. The van der Waals surface area contributed by atoms with E-state index in [9.17, 15) is 13.2 Å².